The topological polar surface area (TPSA) is 0 Å². The van der Waals surface area contributed by atoms with E-state index in [1.165, 1.54) is 12.1 Å². The van der Waals surface area contributed by atoms with Gasteiger partial charge in [-0.3, -0.25) is 0 Å². The molecule has 2 aromatic carbocycles. The number of halogens is 9. The molecule has 0 heterocycles. The van der Waals surface area contributed by atoms with Crippen LogP contribution in [-0.4, -0.2) is 0 Å². The highest BCUT2D eigenvalue weighted by Gasteiger charge is 2.35. The second kappa shape index (κ2) is 7.07. The van der Waals surface area contributed by atoms with E-state index in [4.69, 9.17) is 69.6 Å². The summed E-state index contributed by atoms with van der Waals surface area (Å²) in [7, 11) is 0. The van der Waals surface area contributed by atoms with Crippen LogP contribution in [0.25, 0.3) is 11.1 Å². The molecule has 0 aliphatic carbocycles. The number of hydrogen-bond acceptors (Lipinski definition) is 0. The van der Waals surface area contributed by atoms with Gasteiger partial charge in [0.1, 0.15) is 0 Å². The largest absolute Gasteiger partial charge is 0.417 e. The molecule has 0 radical (unpaired) electrons. The average molecular weight is 443 g/mol. The van der Waals surface area contributed by atoms with Crippen molar-refractivity contribution >= 4 is 69.6 Å². The minimum absolute atomic E-state index is 0.00935. The number of hydrogen-bond donors (Lipinski definition) is 0. The second-order valence-electron chi connectivity index (χ2n) is 4.46. The molecule has 0 nitrogen and oxygen atoms in total. The van der Waals surface area contributed by atoms with Crippen LogP contribution in [0.4, 0.5) is 13.2 Å². The van der Waals surface area contributed by atoms with Gasteiger partial charge in [0.15, 0.2) is 0 Å². The first-order chi connectivity index (χ1) is 10.6. The highest BCUT2D eigenvalue weighted by atomic mass is 35.5. The third-order valence-electron chi connectivity index (χ3n) is 3.02. The summed E-state index contributed by atoms with van der Waals surface area (Å²) in [5, 5.41) is -0.926. The molecule has 2 aromatic rings. The molecule has 0 N–H and O–H groups in total. The number of benzene rings is 2. The van der Waals surface area contributed by atoms with E-state index < -0.39 is 11.7 Å². The first-order valence-corrected chi connectivity index (χ1v) is 8.30. The van der Waals surface area contributed by atoms with E-state index in [1.54, 1.807) is 0 Å². The zero-order valence-corrected chi connectivity index (χ0v) is 15.4. The normalized spacial score (nSPS) is 11.9. The zero-order valence-electron chi connectivity index (χ0n) is 10.8. The third-order valence-corrected chi connectivity index (χ3v) is 5.61. The van der Waals surface area contributed by atoms with Gasteiger partial charge in [-0.05, 0) is 23.3 Å². The minimum Gasteiger partial charge on any atom is -0.166 e. The molecule has 0 amide bonds. The van der Waals surface area contributed by atoms with Crippen LogP contribution in [0.15, 0.2) is 18.2 Å². The maximum Gasteiger partial charge on any atom is 0.417 e. The maximum atomic E-state index is 13.3. The van der Waals surface area contributed by atoms with Gasteiger partial charge in [0.05, 0.1) is 30.7 Å². The summed E-state index contributed by atoms with van der Waals surface area (Å²) in [6, 6.07) is 3.40. The Balaban J connectivity index is 2.92. The molecular formula is C14H5Cl6F3. The Kier molecular flexibility index (Phi) is 5.93. The molecular weight excluding hydrogens is 438 g/mol. The Morgan fingerprint density at radius 2 is 1.26 bits per heavy atom. The van der Waals surface area contributed by atoms with Crippen molar-refractivity contribution in [1.29, 1.82) is 0 Å². The van der Waals surface area contributed by atoms with E-state index in [-0.39, 0.29) is 42.1 Å². The van der Waals surface area contributed by atoms with Crippen molar-refractivity contribution in [2.24, 2.45) is 0 Å². The van der Waals surface area contributed by atoms with Crippen molar-refractivity contribution in [3.05, 3.63) is 54.4 Å². The second-order valence-corrected chi connectivity index (χ2v) is 6.61. The van der Waals surface area contributed by atoms with E-state index in [9.17, 15) is 13.2 Å². The van der Waals surface area contributed by atoms with Gasteiger partial charge in [-0.25, -0.2) is 0 Å². The minimum atomic E-state index is -4.63. The summed E-state index contributed by atoms with van der Waals surface area (Å²) in [6.45, 7) is 0. The van der Waals surface area contributed by atoms with E-state index >= 15 is 0 Å². The fraction of sp³-hybridized carbons (Fsp3) is 0.143. The molecule has 0 aliphatic heterocycles. The first-order valence-electron chi connectivity index (χ1n) is 5.87. The fourth-order valence-electron chi connectivity index (χ4n) is 1.97. The quantitative estimate of drug-likeness (QED) is 0.249. The Morgan fingerprint density at radius 3 is 1.70 bits per heavy atom. The van der Waals surface area contributed by atoms with Crippen molar-refractivity contribution in [3.8, 4) is 11.1 Å². The summed E-state index contributed by atoms with van der Waals surface area (Å²) >= 11 is 35.6. The van der Waals surface area contributed by atoms with Crippen molar-refractivity contribution in [2.45, 2.75) is 12.1 Å². The Hall–Kier alpha value is -0.0300. The summed E-state index contributed by atoms with van der Waals surface area (Å²) in [4.78, 5) is 0. The van der Waals surface area contributed by atoms with E-state index in [2.05, 4.69) is 0 Å². The molecule has 0 saturated carbocycles. The van der Waals surface area contributed by atoms with Crippen molar-refractivity contribution in [2.75, 3.05) is 0 Å². The van der Waals surface area contributed by atoms with Gasteiger partial charge in [-0.1, -0.05) is 64.1 Å². The van der Waals surface area contributed by atoms with Gasteiger partial charge < -0.3 is 0 Å². The lowest BCUT2D eigenvalue weighted by atomic mass is 9.97. The molecule has 124 valence electrons. The van der Waals surface area contributed by atoms with Crippen LogP contribution in [0.5, 0.6) is 0 Å². The molecule has 0 fully saturated rings. The SMILES string of the molecule is FC(F)(F)c1ccc(CCl)cc1-c1c(Cl)c(Cl)c(Cl)c(Cl)c1Cl. The highest BCUT2D eigenvalue weighted by Crippen LogP contribution is 2.50. The van der Waals surface area contributed by atoms with E-state index in [1.807, 2.05) is 0 Å². The molecule has 0 spiro atoms. The summed E-state index contributed by atoms with van der Waals surface area (Å²) in [5.74, 6) is 0.00935. The third kappa shape index (κ3) is 3.65. The van der Waals surface area contributed by atoms with Crippen molar-refractivity contribution in [3.63, 3.8) is 0 Å². The zero-order chi connectivity index (χ0) is 17.5. The lowest BCUT2D eigenvalue weighted by molar-refractivity contribution is -0.137. The fourth-order valence-corrected chi connectivity index (χ4v) is 3.48. The molecule has 9 heteroatoms. The van der Waals surface area contributed by atoms with Crippen LogP contribution in [0, 0.1) is 0 Å². The maximum absolute atomic E-state index is 13.3. The van der Waals surface area contributed by atoms with Gasteiger partial charge >= 0.3 is 6.18 Å². The predicted molar refractivity (Wildman–Crippen MR) is 91.5 cm³/mol. The standard InChI is InChI=1S/C14H5Cl6F3/c15-4-5-1-2-7(14(21,22)23)6(3-5)8-9(16)11(18)13(20)12(19)10(8)17/h1-3H,4H2. The van der Waals surface area contributed by atoms with Crippen LogP contribution in [0.2, 0.25) is 25.1 Å². The van der Waals surface area contributed by atoms with Crippen LogP contribution in [0.3, 0.4) is 0 Å². The molecule has 0 aromatic heterocycles. The lowest BCUT2D eigenvalue weighted by Crippen LogP contribution is -2.08. The Bertz CT molecular complexity index is 741. The van der Waals surface area contributed by atoms with Gasteiger partial charge in [-0.2, -0.15) is 13.2 Å². The molecule has 2 rings (SSSR count). The summed E-state index contributed by atoms with van der Waals surface area (Å²) < 4.78 is 39.9. The molecule has 0 unspecified atom stereocenters. The predicted octanol–water partition coefficient (Wildman–Crippen LogP) is 8.38. The Labute approximate surface area is 160 Å². The summed E-state index contributed by atoms with van der Waals surface area (Å²) in [6.07, 6.45) is -4.63. The van der Waals surface area contributed by atoms with Crippen LogP contribution >= 0.6 is 69.6 Å². The number of rotatable bonds is 2. The average Bonchev–Trinajstić information content (AvgIpc) is 2.50. The molecule has 0 atom stereocenters. The highest BCUT2D eigenvalue weighted by molar-refractivity contribution is 6.56. The van der Waals surface area contributed by atoms with E-state index in [0.717, 1.165) is 6.07 Å². The Morgan fingerprint density at radius 1 is 0.783 bits per heavy atom. The smallest absolute Gasteiger partial charge is 0.166 e. The summed E-state index contributed by atoms with van der Waals surface area (Å²) in [5.41, 5.74) is -0.910. The van der Waals surface area contributed by atoms with Crippen LogP contribution in [-0.2, 0) is 12.1 Å². The molecule has 23 heavy (non-hydrogen) atoms. The first kappa shape index (κ1) is 19.3. The monoisotopic (exact) mass is 440 g/mol. The van der Waals surface area contributed by atoms with Gasteiger partial charge in [0.25, 0.3) is 0 Å². The van der Waals surface area contributed by atoms with Crippen molar-refractivity contribution < 1.29 is 13.2 Å². The van der Waals surface area contributed by atoms with Crippen molar-refractivity contribution in [1.82, 2.24) is 0 Å². The van der Waals surface area contributed by atoms with Crippen LogP contribution < -0.4 is 0 Å². The molecule has 0 bridgehead atoms. The molecule has 0 saturated heterocycles. The van der Waals surface area contributed by atoms with Crippen LogP contribution in [0.1, 0.15) is 11.1 Å². The van der Waals surface area contributed by atoms with Gasteiger partial charge in [0.2, 0.25) is 0 Å². The molecule has 0 aliphatic rings. The number of alkyl halides is 4. The lowest BCUT2D eigenvalue weighted by Gasteiger charge is -2.18. The van der Waals surface area contributed by atoms with E-state index in [0.29, 0.717) is 5.56 Å². The van der Waals surface area contributed by atoms with Gasteiger partial charge in [0, 0.05) is 11.4 Å². The van der Waals surface area contributed by atoms with Gasteiger partial charge in [-0.15, -0.1) is 11.6 Å².